The van der Waals surface area contributed by atoms with Gasteiger partial charge in [0.15, 0.2) is 0 Å². The van der Waals surface area contributed by atoms with E-state index in [9.17, 15) is 14.4 Å². The number of thioether (sulfide) groups is 1. The Morgan fingerprint density at radius 2 is 1.67 bits per heavy atom. The van der Waals surface area contributed by atoms with Crippen molar-refractivity contribution in [3.63, 3.8) is 0 Å². The van der Waals surface area contributed by atoms with Crippen molar-refractivity contribution < 1.29 is 14.4 Å². The largest absolute Gasteiger partial charge is 0.350 e. The third kappa shape index (κ3) is 4.01. The summed E-state index contributed by atoms with van der Waals surface area (Å²) in [6.45, 7) is 0.234. The second kappa shape index (κ2) is 8.59. The summed E-state index contributed by atoms with van der Waals surface area (Å²) in [5.41, 5.74) is 1.46. The van der Waals surface area contributed by atoms with Crippen LogP contribution in [0.5, 0.6) is 0 Å². The molecule has 3 rings (SSSR count). The molecule has 1 aliphatic heterocycles. The van der Waals surface area contributed by atoms with Gasteiger partial charge in [0.2, 0.25) is 5.91 Å². The lowest BCUT2D eigenvalue weighted by Crippen LogP contribution is -2.49. The number of carbonyl (C=O) groups excluding carboxylic acids is 3. The predicted molar refractivity (Wildman–Crippen MR) is 107 cm³/mol. The van der Waals surface area contributed by atoms with E-state index in [-0.39, 0.29) is 12.5 Å². The van der Waals surface area contributed by atoms with Crippen LogP contribution in [0.25, 0.3) is 0 Å². The summed E-state index contributed by atoms with van der Waals surface area (Å²) < 4.78 is 0. The minimum absolute atomic E-state index is 0.234. The van der Waals surface area contributed by atoms with E-state index < -0.39 is 17.9 Å². The molecule has 140 valence electrons. The van der Waals surface area contributed by atoms with E-state index in [2.05, 4.69) is 5.32 Å². The second-order valence-electron chi connectivity index (χ2n) is 6.13. The number of nitrogens with zero attached hydrogens (tertiary/aromatic N) is 1. The summed E-state index contributed by atoms with van der Waals surface area (Å²) in [5.74, 6) is -0.555. The van der Waals surface area contributed by atoms with Crippen LogP contribution in [0, 0.1) is 0 Å². The van der Waals surface area contributed by atoms with Crippen molar-refractivity contribution in [2.75, 3.05) is 12.0 Å². The molecule has 1 N–H and O–H groups in total. The molecule has 1 aliphatic rings. The highest BCUT2D eigenvalue weighted by molar-refractivity contribution is 7.98. The lowest BCUT2D eigenvalue weighted by Gasteiger charge is -2.25. The van der Waals surface area contributed by atoms with E-state index in [1.54, 1.807) is 42.1 Å². The van der Waals surface area contributed by atoms with Crippen molar-refractivity contribution in [3.05, 3.63) is 70.2 Å². The third-order valence-electron chi connectivity index (χ3n) is 4.45. The van der Waals surface area contributed by atoms with Crippen LogP contribution < -0.4 is 5.32 Å². The van der Waals surface area contributed by atoms with E-state index in [0.29, 0.717) is 28.3 Å². The van der Waals surface area contributed by atoms with Crippen molar-refractivity contribution >= 4 is 41.1 Å². The molecule has 0 saturated heterocycles. The quantitative estimate of drug-likeness (QED) is 0.721. The summed E-state index contributed by atoms with van der Waals surface area (Å²) in [7, 11) is 0. The topological polar surface area (TPSA) is 66.5 Å². The molecule has 1 atom stereocenters. The van der Waals surface area contributed by atoms with E-state index in [4.69, 9.17) is 11.6 Å². The molecule has 0 aromatic heterocycles. The summed E-state index contributed by atoms with van der Waals surface area (Å²) >= 11 is 7.69. The lowest BCUT2D eigenvalue weighted by atomic mass is 10.1. The Morgan fingerprint density at radius 1 is 1.07 bits per heavy atom. The Hall–Kier alpha value is -2.31. The number of nitrogens with one attached hydrogen (secondary N) is 1. The molecule has 0 saturated carbocycles. The summed E-state index contributed by atoms with van der Waals surface area (Å²) in [6, 6.07) is 13.0. The van der Waals surface area contributed by atoms with Gasteiger partial charge in [0, 0.05) is 11.6 Å². The van der Waals surface area contributed by atoms with Crippen molar-refractivity contribution in [1.29, 1.82) is 0 Å². The van der Waals surface area contributed by atoms with Crippen LogP contribution in [0.4, 0.5) is 0 Å². The molecule has 5 nitrogen and oxygen atoms in total. The van der Waals surface area contributed by atoms with Crippen LogP contribution in [0.2, 0.25) is 5.02 Å². The normalized spacial score (nSPS) is 14.2. The van der Waals surface area contributed by atoms with E-state index >= 15 is 0 Å². The number of hydrogen-bond acceptors (Lipinski definition) is 4. The van der Waals surface area contributed by atoms with Crippen LogP contribution >= 0.6 is 23.4 Å². The number of fused-ring (bicyclic) bond motifs is 1. The Labute approximate surface area is 167 Å². The van der Waals surface area contributed by atoms with Crippen molar-refractivity contribution in [2.24, 2.45) is 0 Å². The molecule has 3 amide bonds. The van der Waals surface area contributed by atoms with Gasteiger partial charge in [-0.15, -0.1) is 0 Å². The fourth-order valence-electron chi connectivity index (χ4n) is 3.04. The van der Waals surface area contributed by atoms with Gasteiger partial charge >= 0.3 is 0 Å². The second-order valence-corrected chi connectivity index (χ2v) is 7.53. The highest BCUT2D eigenvalue weighted by Gasteiger charge is 2.42. The van der Waals surface area contributed by atoms with Gasteiger partial charge in [0.1, 0.15) is 6.04 Å². The van der Waals surface area contributed by atoms with Crippen molar-refractivity contribution in [3.8, 4) is 0 Å². The zero-order valence-electron chi connectivity index (χ0n) is 14.8. The summed E-state index contributed by atoms with van der Waals surface area (Å²) in [5, 5.41) is 3.37. The molecule has 1 heterocycles. The first-order chi connectivity index (χ1) is 13.0. The molecule has 0 bridgehead atoms. The molecule has 27 heavy (non-hydrogen) atoms. The van der Waals surface area contributed by atoms with Gasteiger partial charge in [-0.3, -0.25) is 19.3 Å². The summed E-state index contributed by atoms with van der Waals surface area (Å²) in [4.78, 5) is 39.4. The highest BCUT2D eigenvalue weighted by atomic mass is 35.5. The van der Waals surface area contributed by atoms with Gasteiger partial charge in [0.05, 0.1) is 11.1 Å². The minimum atomic E-state index is -0.854. The van der Waals surface area contributed by atoms with Gasteiger partial charge in [-0.05, 0) is 42.2 Å². The molecule has 7 heteroatoms. The van der Waals surface area contributed by atoms with Crippen molar-refractivity contribution in [2.45, 2.75) is 19.0 Å². The molecule has 0 radical (unpaired) electrons. The molecule has 0 fully saturated rings. The first-order valence-corrected chi connectivity index (χ1v) is 10.3. The van der Waals surface area contributed by atoms with Crippen molar-refractivity contribution in [1.82, 2.24) is 10.2 Å². The van der Waals surface area contributed by atoms with Crippen LogP contribution in [-0.4, -0.2) is 40.7 Å². The molecule has 2 aromatic carbocycles. The van der Waals surface area contributed by atoms with Gasteiger partial charge < -0.3 is 5.32 Å². The third-order valence-corrected chi connectivity index (χ3v) is 5.46. The van der Waals surface area contributed by atoms with Crippen LogP contribution in [0.1, 0.15) is 32.7 Å². The van der Waals surface area contributed by atoms with Gasteiger partial charge in [-0.25, -0.2) is 0 Å². The fourth-order valence-corrected chi connectivity index (χ4v) is 3.70. The fraction of sp³-hybridized carbons (Fsp3) is 0.250. The Kier molecular flexibility index (Phi) is 6.19. The molecule has 0 aliphatic carbocycles. The Morgan fingerprint density at radius 3 is 2.26 bits per heavy atom. The SMILES string of the molecule is CSCC[C@@H](C(=O)NCc1ccccc1Cl)N1C(=O)c2ccccc2C1=O. The number of benzene rings is 2. The molecule has 0 spiro atoms. The number of carbonyl (C=O) groups is 3. The van der Waals surface area contributed by atoms with Crippen LogP contribution in [0.15, 0.2) is 48.5 Å². The van der Waals surface area contributed by atoms with Gasteiger partial charge in [-0.1, -0.05) is 41.9 Å². The van der Waals surface area contributed by atoms with Gasteiger partial charge in [0.25, 0.3) is 11.8 Å². The number of imide groups is 1. The number of rotatable bonds is 7. The minimum Gasteiger partial charge on any atom is -0.350 e. The average molecular weight is 403 g/mol. The number of hydrogen-bond donors (Lipinski definition) is 1. The molecular formula is C20H19ClN2O3S. The molecular weight excluding hydrogens is 384 g/mol. The van der Waals surface area contributed by atoms with E-state index in [1.807, 2.05) is 24.5 Å². The Bertz CT molecular complexity index is 852. The maximum atomic E-state index is 12.9. The van der Waals surface area contributed by atoms with Crippen LogP contribution in [-0.2, 0) is 11.3 Å². The number of halogens is 1. The van der Waals surface area contributed by atoms with E-state index in [1.165, 1.54) is 0 Å². The van der Waals surface area contributed by atoms with Crippen LogP contribution in [0.3, 0.4) is 0 Å². The number of amides is 3. The smallest absolute Gasteiger partial charge is 0.262 e. The predicted octanol–water partition coefficient (Wildman–Crippen LogP) is 3.37. The zero-order chi connectivity index (χ0) is 19.4. The monoisotopic (exact) mass is 402 g/mol. The molecule has 0 unspecified atom stereocenters. The maximum absolute atomic E-state index is 12.9. The standard InChI is InChI=1S/C20H19ClN2O3S/c1-27-11-10-17(18(24)22-12-13-6-2-5-9-16(13)21)23-19(25)14-7-3-4-8-15(14)20(23)26/h2-9,17H,10-12H2,1H3,(H,22,24)/t17-/m0/s1. The maximum Gasteiger partial charge on any atom is 0.262 e. The first kappa shape index (κ1) is 19.5. The lowest BCUT2D eigenvalue weighted by molar-refractivity contribution is -0.125. The van der Waals surface area contributed by atoms with E-state index in [0.717, 1.165) is 10.5 Å². The Balaban J connectivity index is 1.80. The zero-order valence-corrected chi connectivity index (χ0v) is 16.3. The summed E-state index contributed by atoms with van der Waals surface area (Å²) in [6.07, 6.45) is 2.31. The van der Waals surface area contributed by atoms with Gasteiger partial charge in [-0.2, -0.15) is 11.8 Å². The highest BCUT2D eigenvalue weighted by Crippen LogP contribution is 2.26. The molecule has 2 aromatic rings. The average Bonchev–Trinajstić information content (AvgIpc) is 2.93. The first-order valence-electron chi connectivity index (χ1n) is 8.51.